The van der Waals surface area contributed by atoms with Crippen molar-refractivity contribution in [1.29, 1.82) is 0 Å². The molecule has 0 aliphatic carbocycles. The first-order valence-electron chi connectivity index (χ1n) is 6.21. The van der Waals surface area contributed by atoms with Gasteiger partial charge in [0.15, 0.2) is 5.78 Å². The zero-order valence-corrected chi connectivity index (χ0v) is 11.3. The number of rotatable bonds is 5. The molecule has 0 saturated carbocycles. The molecule has 0 aliphatic rings. The summed E-state index contributed by atoms with van der Waals surface area (Å²) in [6, 6.07) is 9.06. The molecule has 6 heteroatoms. The Morgan fingerprint density at radius 1 is 1.24 bits per heavy atom. The number of esters is 1. The zero-order valence-electron chi connectivity index (χ0n) is 11.3. The predicted octanol–water partition coefficient (Wildman–Crippen LogP) is 2.71. The molecule has 0 spiro atoms. The summed E-state index contributed by atoms with van der Waals surface area (Å²) in [7, 11) is 0. The normalized spacial score (nSPS) is 10.0. The zero-order chi connectivity index (χ0) is 15.2. The number of hydrogen-bond acceptors (Lipinski definition) is 5. The lowest BCUT2D eigenvalue weighted by molar-refractivity contribution is -0.120. The molecule has 0 saturated heterocycles. The van der Waals surface area contributed by atoms with E-state index in [1.807, 2.05) is 0 Å². The van der Waals surface area contributed by atoms with Crippen LogP contribution in [0, 0.1) is 5.82 Å². The number of aromatic nitrogens is 1. The smallest absolute Gasteiger partial charge is 0.342 e. The first-order chi connectivity index (χ1) is 10.1. The van der Waals surface area contributed by atoms with E-state index >= 15 is 0 Å². The molecule has 0 bridgehead atoms. The number of halogens is 1. The maximum absolute atomic E-state index is 13.6. The van der Waals surface area contributed by atoms with Gasteiger partial charge in [0.2, 0.25) is 0 Å². The maximum atomic E-state index is 13.6. The van der Waals surface area contributed by atoms with Crippen LogP contribution in [0.4, 0.5) is 15.9 Å². The lowest BCUT2D eigenvalue weighted by Gasteiger charge is -2.10. The van der Waals surface area contributed by atoms with E-state index in [9.17, 15) is 14.0 Å². The number of pyridine rings is 1. The fourth-order valence-corrected chi connectivity index (χ4v) is 1.60. The van der Waals surface area contributed by atoms with Crippen LogP contribution in [0.3, 0.4) is 0 Å². The van der Waals surface area contributed by atoms with Crippen molar-refractivity contribution in [3.05, 3.63) is 54.0 Å². The van der Waals surface area contributed by atoms with Crippen LogP contribution in [-0.2, 0) is 9.53 Å². The standard InChI is InChI=1S/C15H13FN2O3/c1-10(19)9-21-15(20)11-5-4-8-17-14(11)18-13-7-3-2-6-12(13)16/h2-8H,9H2,1H3,(H,17,18). The highest BCUT2D eigenvalue weighted by molar-refractivity contribution is 5.96. The third-order valence-corrected chi connectivity index (χ3v) is 2.56. The molecule has 1 aromatic heterocycles. The average Bonchev–Trinajstić information content (AvgIpc) is 2.47. The Hall–Kier alpha value is -2.76. The molecule has 1 heterocycles. The van der Waals surface area contributed by atoms with Crippen LogP contribution in [-0.4, -0.2) is 23.3 Å². The molecule has 108 valence electrons. The summed E-state index contributed by atoms with van der Waals surface area (Å²) < 4.78 is 18.4. The van der Waals surface area contributed by atoms with Crippen molar-refractivity contribution in [2.75, 3.05) is 11.9 Å². The van der Waals surface area contributed by atoms with Crippen LogP contribution in [0.5, 0.6) is 0 Å². The second kappa shape index (κ2) is 6.60. The van der Waals surface area contributed by atoms with Crippen molar-refractivity contribution in [2.45, 2.75) is 6.92 Å². The molecule has 21 heavy (non-hydrogen) atoms. The molecule has 1 aromatic carbocycles. The van der Waals surface area contributed by atoms with Crippen molar-refractivity contribution in [3.8, 4) is 0 Å². The monoisotopic (exact) mass is 288 g/mol. The predicted molar refractivity (Wildman–Crippen MR) is 74.9 cm³/mol. The SMILES string of the molecule is CC(=O)COC(=O)c1cccnc1Nc1ccccc1F. The quantitative estimate of drug-likeness (QED) is 0.857. The number of nitrogens with zero attached hydrogens (tertiary/aromatic N) is 1. The highest BCUT2D eigenvalue weighted by Gasteiger charge is 2.15. The number of Topliss-reactive ketones (excluding diaryl/α,β-unsaturated/α-hetero) is 1. The summed E-state index contributed by atoms with van der Waals surface area (Å²) in [4.78, 5) is 26.7. The molecule has 1 N–H and O–H groups in total. The van der Waals surface area contributed by atoms with Gasteiger partial charge in [-0.15, -0.1) is 0 Å². The van der Waals surface area contributed by atoms with Crippen LogP contribution in [0.2, 0.25) is 0 Å². The Bertz CT molecular complexity index is 673. The lowest BCUT2D eigenvalue weighted by Crippen LogP contribution is -2.13. The third kappa shape index (κ3) is 3.85. The molecule has 0 atom stereocenters. The molecule has 5 nitrogen and oxygen atoms in total. The number of nitrogens with one attached hydrogen (secondary N) is 1. The van der Waals surface area contributed by atoms with Crippen molar-refractivity contribution in [3.63, 3.8) is 0 Å². The molecule has 0 amide bonds. The highest BCUT2D eigenvalue weighted by Crippen LogP contribution is 2.21. The van der Waals surface area contributed by atoms with Gasteiger partial charge in [-0.2, -0.15) is 0 Å². The van der Waals surface area contributed by atoms with E-state index in [-0.39, 0.29) is 29.5 Å². The number of anilines is 2. The van der Waals surface area contributed by atoms with Gasteiger partial charge in [-0.3, -0.25) is 4.79 Å². The summed E-state index contributed by atoms with van der Waals surface area (Å²) in [6.07, 6.45) is 1.46. The number of hydrogen-bond donors (Lipinski definition) is 1. The number of carbonyl (C=O) groups is 2. The van der Waals surface area contributed by atoms with Crippen LogP contribution in [0.15, 0.2) is 42.6 Å². The minimum absolute atomic E-state index is 0.127. The van der Waals surface area contributed by atoms with Gasteiger partial charge in [0.05, 0.1) is 5.69 Å². The van der Waals surface area contributed by atoms with Crippen molar-refractivity contribution < 1.29 is 18.7 Å². The molecule has 2 rings (SSSR count). The first kappa shape index (κ1) is 14.6. The van der Waals surface area contributed by atoms with Crippen LogP contribution < -0.4 is 5.32 Å². The van der Waals surface area contributed by atoms with E-state index in [0.29, 0.717) is 0 Å². The highest BCUT2D eigenvalue weighted by atomic mass is 19.1. The summed E-state index contributed by atoms with van der Waals surface area (Å²) in [5, 5.41) is 2.74. The van der Waals surface area contributed by atoms with Gasteiger partial charge < -0.3 is 10.1 Å². The van der Waals surface area contributed by atoms with Crippen molar-refractivity contribution >= 4 is 23.3 Å². The van der Waals surface area contributed by atoms with E-state index in [1.165, 1.54) is 31.3 Å². The van der Waals surface area contributed by atoms with Crippen LogP contribution in [0.1, 0.15) is 17.3 Å². The largest absolute Gasteiger partial charge is 0.454 e. The molecule has 0 radical (unpaired) electrons. The van der Waals surface area contributed by atoms with E-state index in [0.717, 1.165) is 0 Å². The lowest BCUT2D eigenvalue weighted by atomic mass is 10.2. The fourth-order valence-electron chi connectivity index (χ4n) is 1.60. The molecular formula is C15H13FN2O3. The fraction of sp³-hybridized carbons (Fsp3) is 0.133. The van der Waals surface area contributed by atoms with E-state index < -0.39 is 11.8 Å². The van der Waals surface area contributed by atoms with Gasteiger partial charge >= 0.3 is 5.97 Å². The summed E-state index contributed by atoms with van der Waals surface area (Å²) in [5.41, 5.74) is 0.318. The van der Waals surface area contributed by atoms with Gasteiger partial charge in [-0.1, -0.05) is 12.1 Å². The Kier molecular flexibility index (Phi) is 4.61. The number of para-hydroxylation sites is 1. The summed E-state index contributed by atoms with van der Waals surface area (Å²) in [5.74, 6) is -1.27. The minimum Gasteiger partial charge on any atom is -0.454 e. The minimum atomic E-state index is -0.697. The number of benzene rings is 1. The second-order valence-corrected chi connectivity index (χ2v) is 4.28. The van der Waals surface area contributed by atoms with E-state index in [1.54, 1.807) is 18.2 Å². The maximum Gasteiger partial charge on any atom is 0.342 e. The number of ether oxygens (including phenoxy) is 1. The van der Waals surface area contributed by atoms with Gasteiger partial charge in [0, 0.05) is 6.20 Å². The molecule has 0 fully saturated rings. The van der Waals surface area contributed by atoms with Crippen molar-refractivity contribution in [1.82, 2.24) is 4.98 Å². The van der Waals surface area contributed by atoms with E-state index in [2.05, 4.69) is 10.3 Å². The number of ketones is 1. The molecule has 0 aliphatic heterocycles. The molecule has 0 unspecified atom stereocenters. The Labute approximate surface area is 120 Å². The Balaban J connectivity index is 2.23. The van der Waals surface area contributed by atoms with Gasteiger partial charge in [-0.05, 0) is 31.2 Å². The topological polar surface area (TPSA) is 68.3 Å². The van der Waals surface area contributed by atoms with Gasteiger partial charge in [0.1, 0.15) is 23.8 Å². The average molecular weight is 288 g/mol. The molecule has 2 aromatic rings. The van der Waals surface area contributed by atoms with Crippen LogP contribution >= 0.6 is 0 Å². The number of carbonyl (C=O) groups excluding carboxylic acids is 2. The third-order valence-electron chi connectivity index (χ3n) is 2.56. The Morgan fingerprint density at radius 3 is 2.71 bits per heavy atom. The Morgan fingerprint density at radius 2 is 2.00 bits per heavy atom. The summed E-state index contributed by atoms with van der Waals surface area (Å²) in [6.45, 7) is 1.00. The van der Waals surface area contributed by atoms with E-state index in [4.69, 9.17) is 4.74 Å². The van der Waals surface area contributed by atoms with Gasteiger partial charge in [-0.25, -0.2) is 14.2 Å². The van der Waals surface area contributed by atoms with Gasteiger partial charge in [0.25, 0.3) is 0 Å². The summed E-state index contributed by atoms with van der Waals surface area (Å²) >= 11 is 0. The first-order valence-corrected chi connectivity index (χ1v) is 6.21. The second-order valence-electron chi connectivity index (χ2n) is 4.28. The molecular weight excluding hydrogens is 275 g/mol. The van der Waals surface area contributed by atoms with Crippen LogP contribution in [0.25, 0.3) is 0 Å². The van der Waals surface area contributed by atoms with Crippen molar-refractivity contribution in [2.24, 2.45) is 0 Å².